The van der Waals surface area contributed by atoms with Crippen LogP contribution < -0.4 is 10.1 Å². The number of alkyl carbamates (subject to hydrolysis) is 1. The standard InChI is InChI=1S/C19H21N3O6S/c1-27-19(26)21-8-17(23)22-9-12(4-16(22)18(24)25)10-28-15-5-14(6-20-7-15)13-2-3-29-11-13/h2-3,5-7,11-12,16H,4,8-10H2,1H3,(H,21,26)(H,24,25)/t12-,16+/m1/s1. The van der Waals surface area contributed by atoms with Crippen molar-refractivity contribution in [2.45, 2.75) is 12.5 Å². The molecule has 0 saturated carbocycles. The second-order valence-corrected chi connectivity index (χ2v) is 7.36. The van der Waals surface area contributed by atoms with Crippen LogP contribution in [-0.4, -0.2) is 65.8 Å². The molecule has 1 aliphatic heterocycles. The Morgan fingerprint density at radius 1 is 1.34 bits per heavy atom. The van der Waals surface area contributed by atoms with Crippen molar-refractivity contribution in [3.63, 3.8) is 0 Å². The van der Waals surface area contributed by atoms with Gasteiger partial charge in [0, 0.05) is 24.2 Å². The summed E-state index contributed by atoms with van der Waals surface area (Å²) in [5.41, 5.74) is 1.99. The maximum Gasteiger partial charge on any atom is 0.407 e. The number of hydrogen-bond acceptors (Lipinski definition) is 7. The number of carboxylic acids is 1. The summed E-state index contributed by atoms with van der Waals surface area (Å²) in [4.78, 5) is 40.5. The lowest BCUT2D eigenvalue weighted by Crippen LogP contribution is -2.45. The Hall–Kier alpha value is -3.14. The van der Waals surface area contributed by atoms with Gasteiger partial charge in [-0.15, -0.1) is 0 Å². The van der Waals surface area contributed by atoms with Crippen molar-refractivity contribution in [2.24, 2.45) is 5.92 Å². The number of pyridine rings is 1. The first-order chi connectivity index (χ1) is 14.0. The van der Waals surface area contributed by atoms with Crippen molar-refractivity contribution in [3.05, 3.63) is 35.3 Å². The smallest absolute Gasteiger partial charge is 0.407 e. The van der Waals surface area contributed by atoms with Gasteiger partial charge in [0.1, 0.15) is 18.3 Å². The van der Waals surface area contributed by atoms with E-state index >= 15 is 0 Å². The highest BCUT2D eigenvalue weighted by atomic mass is 32.1. The second-order valence-electron chi connectivity index (χ2n) is 6.58. The Morgan fingerprint density at radius 3 is 2.86 bits per heavy atom. The van der Waals surface area contributed by atoms with Gasteiger partial charge in [-0.1, -0.05) is 0 Å². The minimum Gasteiger partial charge on any atom is -0.492 e. The lowest BCUT2D eigenvalue weighted by atomic mass is 10.1. The van der Waals surface area contributed by atoms with Gasteiger partial charge in [-0.25, -0.2) is 9.59 Å². The number of carbonyl (C=O) groups is 3. The Kier molecular flexibility index (Phi) is 6.65. The first kappa shape index (κ1) is 20.6. The van der Waals surface area contributed by atoms with Crippen LogP contribution in [-0.2, 0) is 14.3 Å². The van der Waals surface area contributed by atoms with Gasteiger partial charge in [0.05, 0.1) is 19.9 Å². The number of aromatic nitrogens is 1. The molecule has 0 radical (unpaired) electrons. The Bertz CT molecular complexity index is 873. The molecule has 2 atom stereocenters. The van der Waals surface area contributed by atoms with Gasteiger partial charge in [-0.05, 0) is 34.9 Å². The number of hydrogen-bond donors (Lipinski definition) is 2. The average Bonchev–Trinajstić information content (AvgIpc) is 3.40. The highest BCUT2D eigenvalue weighted by molar-refractivity contribution is 7.08. The zero-order valence-electron chi connectivity index (χ0n) is 15.7. The van der Waals surface area contributed by atoms with E-state index in [0.717, 1.165) is 11.1 Å². The molecule has 154 valence electrons. The average molecular weight is 419 g/mol. The van der Waals surface area contributed by atoms with Crippen molar-refractivity contribution >= 4 is 29.3 Å². The molecule has 9 nitrogen and oxygen atoms in total. The number of thiophene rings is 1. The van der Waals surface area contributed by atoms with Crippen LogP contribution >= 0.6 is 11.3 Å². The molecule has 0 unspecified atom stereocenters. The molecule has 0 aromatic carbocycles. The van der Waals surface area contributed by atoms with E-state index in [1.54, 1.807) is 23.7 Å². The Labute approximate surface area is 171 Å². The fraction of sp³-hybridized carbons (Fsp3) is 0.368. The lowest BCUT2D eigenvalue weighted by molar-refractivity contribution is -0.147. The molecule has 3 rings (SSSR count). The van der Waals surface area contributed by atoms with Crippen LogP contribution in [0, 0.1) is 5.92 Å². The largest absolute Gasteiger partial charge is 0.492 e. The molecule has 29 heavy (non-hydrogen) atoms. The van der Waals surface area contributed by atoms with E-state index in [0.29, 0.717) is 5.75 Å². The quantitative estimate of drug-likeness (QED) is 0.703. The zero-order valence-corrected chi connectivity index (χ0v) is 16.6. The molecule has 0 aliphatic carbocycles. The third kappa shape index (κ3) is 5.23. The summed E-state index contributed by atoms with van der Waals surface area (Å²) in [5, 5.41) is 15.7. The van der Waals surface area contributed by atoms with Gasteiger partial charge >= 0.3 is 12.1 Å². The summed E-state index contributed by atoms with van der Waals surface area (Å²) in [7, 11) is 1.19. The number of ether oxygens (including phenoxy) is 2. The number of nitrogens with one attached hydrogen (secondary N) is 1. The van der Waals surface area contributed by atoms with Crippen molar-refractivity contribution in [2.75, 3.05) is 26.8 Å². The highest BCUT2D eigenvalue weighted by Gasteiger charge is 2.39. The molecule has 1 fully saturated rings. The number of rotatable bonds is 7. The first-order valence-corrected chi connectivity index (χ1v) is 9.86. The number of aliphatic carboxylic acids is 1. The van der Waals surface area contributed by atoms with E-state index in [9.17, 15) is 19.5 Å². The van der Waals surface area contributed by atoms with Gasteiger partial charge in [0.2, 0.25) is 5.91 Å². The minimum absolute atomic E-state index is 0.150. The topological polar surface area (TPSA) is 118 Å². The van der Waals surface area contributed by atoms with E-state index in [-0.39, 0.29) is 32.0 Å². The Balaban J connectivity index is 1.59. The van der Waals surface area contributed by atoms with Crippen LogP contribution in [0.5, 0.6) is 5.75 Å². The molecule has 2 aromatic heterocycles. The fourth-order valence-electron chi connectivity index (χ4n) is 3.17. The van der Waals surface area contributed by atoms with Crippen molar-refractivity contribution in [1.82, 2.24) is 15.2 Å². The van der Waals surface area contributed by atoms with Gasteiger partial charge in [0.25, 0.3) is 0 Å². The molecule has 2 amide bonds. The van der Waals surface area contributed by atoms with Gasteiger partial charge in [-0.3, -0.25) is 9.78 Å². The molecule has 1 saturated heterocycles. The SMILES string of the molecule is COC(=O)NCC(=O)N1C[C@H](COc2cncc(-c3ccsc3)c2)C[C@H]1C(=O)O. The third-order valence-electron chi connectivity index (χ3n) is 4.62. The predicted molar refractivity (Wildman–Crippen MR) is 105 cm³/mol. The van der Waals surface area contributed by atoms with Crippen LogP contribution in [0.15, 0.2) is 35.3 Å². The zero-order chi connectivity index (χ0) is 20.8. The van der Waals surface area contributed by atoms with E-state index in [2.05, 4.69) is 15.0 Å². The summed E-state index contributed by atoms with van der Waals surface area (Å²) in [5.74, 6) is -1.13. The predicted octanol–water partition coefficient (Wildman–Crippen LogP) is 1.85. The molecule has 0 spiro atoms. The van der Waals surface area contributed by atoms with Crippen molar-refractivity contribution in [1.29, 1.82) is 0 Å². The number of amides is 2. The summed E-state index contributed by atoms with van der Waals surface area (Å²) >= 11 is 1.59. The summed E-state index contributed by atoms with van der Waals surface area (Å²) in [6.45, 7) is 0.166. The normalized spacial score (nSPS) is 18.3. The second kappa shape index (κ2) is 9.37. The summed E-state index contributed by atoms with van der Waals surface area (Å²) in [6.07, 6.45) is 2.88. The first-order valence-electron chi connectivity index (χ1n) is 8.92. The number of carboxylic acid groups (broad SMARTS) is 1. The molecule has 10 heteroatoms. The van der Waals surface area contributed by atoms with Crippen LogP contribution in [0.4, 0.5) is 4.79 Å². The number of carbonyl (C=O) groups excluding carboxylic acids is 2. The van der Waals surface area contributed by atoms with E-state index in [1.165, 1.54) is 12.0 Å². The molecule has 1 aliphatic rings. The van der Waals surface area contributed by atoms with Crippen LogP contribution in [0.2, 0.25) is 0 Å². The van der Waals surface area contributed by atoms with Crippen molar-refractivity contribution in [3.8, 4) is 16.9 Å². The van der Waals surface area contributed by atoms with E-state index in [4.69, 9.17) is 4.74 Å². The monoisotopic (exact) mass is 419 g/mol. The number of methoxy groups -OCH3 is 1. The van der Waals surface area contributed by atoms with Gasteiger partial charge < -0.3 is 24.8 Å². The van der Waals surface area contributed by atoms with Crippen molar-refractivity contribution < 1.29 is 29.0 Å². The minimum atomic E-state index is -1.08. The maximum atomic E-state index is 12.3. The van der Waals surface area contributed by atoms with E-state index in [1.807, 2.05) is 22.9 Å². The maximum absolute atomic E-state index is 12.3. The van der Waals surface area contributed by atoms with Crippen LogP contribution in [0.3, 0.4) is 0 Å². The molecule has 0 bridgehead atoms. The number of likely N-dealkylation sites (tertiary alicyclic amines) is 1. The molecular weight excluding hydrogens is 398 g/mol. The molecule has 3 heterocycles. The van der Waals surface area contributed by atoms with Gasteiger partial charge in [0.15, 0.2) is 0 Å². The Morgan fingerprint density at radius 2 is 2.17 bits per heavy atom. The van der Waals surface area contributed by atoms with Crippen LogP contribution in [0.25, 0.3) is 11.1 Å². The fourth-order valence-corrected chi connectivity index (χ4v) is 3.84. The highest BCUT2D eigenvalue weighted by Crippen LogP contribution is 2.27. The summed E-state index contributed by atoms with van der Waals surface area (Å²) in [6, 6.07) is 2.92. The van der Waals surface area contributed by atoms with Gasteiger partial charge in [-0.2, -0.15) is 11.3 Å². The third-order valence-corrected chi connectivity index (χ3v) is 5.30. The van der Waals surface area contributed by atoms with Crippen LogP contribution in [0.1, 0.15) is 6.42 Å². The number of nitrogens with zero attached hydrogens (tertiary/aromatic N) is 2. The molecule has 2 N–H and O–H groups in total. The van der Waals surface area contributed by atoms with E-state index < -0.39 is 24.0 Å². The lowest BCUT2D eigenvalue weighted by Gasteiger charge is -2.21. The molecular formula is C19H21N3O6S. The summed E-state index contributed by atoms with van der Waals surface area (Å²) < 4.78 is 10.2. The molecule has 2 aromatic rings.